The standard InChI is InChI=1S/C31H35ClN4O4/c1-20(2)29(30(38)36-16-14-22(15-17-36)21-10-12-24(32)13-11-21)35-28(37)19-40-25-7-5-6-23(18-25)26-8-3-4-9-27(26)34-31(33)39/h3-13,18,20,22,29H,14-17,19H2,1-2H3,(H,35,37)(H3,33,34,39)/t29-/m1/s1. The van der Waals surface area contributed by atoms with Gasteiger partial charge in [0.05, 0.1) is 5.69 Å². The molecule has 1 saturated heterocycles. The number of para-hydroxylation sites is 1. The number of hydrogen-bond acceptors (Lipinski definition) is 4. The largest absolute Gasteiger partial charge is 0.484 e. The molecule has 0 bridgehead atoms. The summed E-state index contributed by atoms with van der Waals surface area (Å²) in [6.07, 6.45) is 1.73. The van der Waals surface area contributed by atoms with Crippen LogP contribution < -0.4 is 21.1 Å². The summed E-state index contributed by atoms with van der Waals surface area (Å²) < 4.78 is 5.77. The number of likely N-dealkylation sites (tertiary alicyclic amines) is 1. The van der Waals surface area contributed by atoms with Crippen LogP contribution in [-0.4, -0.2) is 48.5 Å². The number of nitrogens with one attached hydrogen (secondary N) is 2. The number of carbonyl (C=O) groups is 3. The second-order valence-electron chi connectivity index (χ2n) is 10.3. The van der Waals surface area contributed by atoms with E-state index in [2.05, 4.69) is 10.6 Å². The van der Waals surface area contributed by atoms with Gasteiger partial charge in [0.15, 0.2) is 6.61 Å². The van der Waals surface area contributed by atoms with Crippen molar-refractivity contribution in [1.29, 1.82) is 0 Å². The van der Waals surface area contributed by atoms with Gasteiger partial charge in [-0.2, -0.15) is 0 Å². The molecule has 1 atom stereocenters. The van der Waals surface area contributed by atoms with Gasteiger partial charge >= 0.3 is 6.03 Å². The summed E-state index contributed by atoms with van der Waals surface area (Å²) >= 11 is 6.02. The molecule has 40 heavy (non-hydrogen) atoms. The van der Waals surface area contributed by atoms with Gasteiger partial charge in [0, 0.05) is 23.7 Å². The Bertz CT molecular complexity index is 1340. The third-order valence-electron chi connectivity index (χ3n) is 7.10. The number of halogens is 1. The van der Waals surface area contributed by atoms with Crippen LogP contribution in [0.4, 0.5) is 10.5 Å². The number of nitrogens with two attached hydrogens (primary N) is 1. The number of ether oxygens (including phenoxy) is 1. The van der Waals surface area contributed by atoms with Crippen molar-refractivity contribution >= 4 is 35.1 Å². The van der Waals surface area contributed by atoms with Gasteiger partial charge in [-0.05, 0) is 66.1 Å². The Morgan fingerprint density at radius 1 is 1.00 bits per heavy atom. The van der Waals surface area contributed by atoms with Gasteiger partial charge in [0.2, 0.25) is 5.91 Å². The first-order valence-electron chi connectivity index (χ1n) is 13.4. The van der Waals surface area contributed by atoms with Crippen LogP contribution in [0.5, 0.6) is 5.75 Å². The molecule has 0 radical (unpaired) electrons. The minimum absolute atomic E-state index is 0.0709. The smallest absolute Gasteiger partial charge is 0.316 e. The zero-order valence-electron chi connectivity index (χ0n) is 22.7. The number of urea groups is 1. The average molecular weight is 563 g/mol. The Morgan fingerprint density at radius 2 is 1.70 bits per heavy atom. The van der Waals surface area contributed by atoms with Gasteiger partial charge in [-0.15, -0.1) is 0 Å². The quantitative estimate of drug-likeness (QED) is 0.323. The maximum atomic E-state index is 13.4. The molecule has 0 unspecified atom stereocenters. The molecule has 0 aliphatic carbocycles. The van der Waals surface area contributed by atoms with Crippen molar-refractivity contribution < 1.29 is 19.1 Å². The Kier molecular flexibility index (Phi) is 9.66. The molecule has 1 aliphatic rings. The van der Waals surface area contributed by atoms with Gasteiger partial charge < -0.3 is 26.0 Å². The molecule has 9 heteroatoms. The van der Waals surface area contributed by atoms with Crippen molar-refractivity contribution in [2.75, 3.05) is 25.0 Å². The number of nitrogens with zero attached hydrogens (tertiary/aromatic N) is 1. The number of carbonyl (C=O) groups excluding carboxylic acids is 3. The zero-order chi connectivity index (χ0) is 28.6. The predicted octanol–water partition coefficient (Wildman–Crippen LogP) is 5.42. The fourth-order valence-electron chi connectivity index (χ4n) is 4.97. The molecule has 1 fully saturated rings. The molecular weight excluding hydrogens is 528 g/mol. The maximum Gasteiger partial charge on any atom is 0.316 e. The minimum atomic E-state index is -0.656. The summed E-state index contributed by atoms with van der Waals surface area (Å²) in [5.74, 6) is 0.347. The summed E-state index contributed by atoms with van der Waals surface area (Å²) in [5.41, 5.74) is 8.66. The highest BCUT2D eigenvalue weighted by Crippen LogP contribution is 2.31. The van der Waals surface area contributed by atoms with Crippen molar-refractivity contribution in [2.45, 2.75) is 38.6 Å². The number of benzene rings is 3. The van der Waals surface area contributed by atoms with Crippen molar-refractivity contribution in [3.05, 3.63) is 83.4 Å². The number of amides is 4. The predicted molar refractivity (Wildman–Crippen MR) is 157 cm³/mol. The molecule has 4 rings (SSSR count). The van der Waals surface area contributed by atoms with Crippen LogP contribution >= 0.6 is 11.6 Å². The van der Waals surface area contributed by atoms with Crippen LogP contribution in [-0.2, 0) is 9.59 Å². The summed E-state index contributed by atoms with van der Waals surface area (Å²) in [6, 6.07) is 21.1. The van der Waals surface area contributed by atoms with E-state index in [0.29, 0.717) is 35.5 Å². The van der Waals surface area contributed by atoms with E-state index in [4.69, 9.17) is 22.1 Å². The van der Waals surface area contributed by atoms with Crippen molar-refractivity contribution in [2.24, 2.45) is 11.7 Å². The third kappa shape index (κ3) is 7.54. The van der Waals surface area contributed by atoms with Crippen LogP contribution in [0.3, 0.4) is 0 Å². The molecule has 1 heterocycles. The Balaban J connectivity index is 1.33. The number of primary amides is 1. The topological polar surface area (TPSA) is 114 Å². The lowest BCUT2D eigenvalue weighted by Gasteiger charge is -2.35. The highest BCUT2D eigenvalue weighted by molar-refractivity contribution is 6.30. The molecule has 3 aromatic carbocycles. The Labute approximate surface area is 239 Å². The molecular formula is C31H35ClN4O4. The second kappa shape index (κ2) is 13.3. The van der Waals surface area contributed by atoms with E-state index >= 15 is 0 Å². The Hall–Kier alpha value is -4.04. The number of rotatable bonds is 9. The number of piperidine rings is 1. The fourth-order valence-corrected chi connectivity index (χ4v) is 5.10. The molecule has 210 valence electrons. The van der Waals surface area contributed by atoms with Crippen LogP contribution in [0, 0.1) is 5.92 Å². The number of anilines is 1. The second-order valence-corrected chi connectivity index (χ2v) is 10.7. The molecule has 3 aromatic rings. The van der Waals surface area contributed by atoms with Crippen molar-refractivity contribution in [3.8, 4) is 16.9 Å². The average Bonchev–Trinajstić information content (AvgIpc) is 2.95. The van der Waals surface area contributed by atoms with E-state index < -0.39 is 12.1 Å². The first-order chi connectivity index (χ1) is 19.2. The van der Waals surface area contributed by atoms with E-state index in [-0.39, 0.29) is 24.3 Å². The lowest BCUT2D eigenvalue weighted by atomic mass is 9.89. The molecule has 4 N–H and O–H groups in total. The maximum absolute atomic E-state index is 13.4. The lowest BCUT2D eigenvalue weighted by molar-refractivity contribution is -0.139. The van der Waals surface area contributed by atoms with E-state index in [1.807, 2.05) is 61.2 Å². The molecule has 4 amide bonds. The molecule has 8 nitrogen and oxygen atoms in total. The zero-order valence-corrected chi connectivity index (χ0v) is 23.5. The highest BCUT2D eigenvalue weighted by atomic mass is 35.5. The molecule has 0 saturated carbocycles. The highest BCUT2D eigenvalue weighted by Gasteiger charge is 2.31. The van der Waals surface area contributed by atoms with Crippen LogP contribution in [0.25, 0.3) is 11.1 Å². The summed E-state index contributed by atoms with van der Waals surface area (Å²) in [6.45, 7) is 4.89. The monoisotopic (exact) mass is 562 g/mol. The SMILES string of the molecule is CC(C)[C@@H](NC(=O)COc1cccc(-c2ccccc2NC(N)=O)c1)C(=O)N1CCC(c2ccc(Cl)cc2)CC1. The van der Waals surface area contributed by atoms with Crippen molar-refractivity contribution in [3.63, 3.8) is 0 Å². The van der Waals surface area contributed by atoms with Gasteiger partial charge in [-0.25, -0.2) is 4.79 Å². The van der Waals surface area contributed by atoms with Gasteiger partial charge in [0.1, 0.15) is 11.8 Å². The Morgan fingerprint density at radius 3 is 2.38 bits per heavy atom. The van der Waals surface area contributed by atoms with Crippen molar-refractivity contribution in [1.82, 2.24) is 10.2 Å². The molecule has 1 aliphatic heterocycles. The van der Waals surface area contributed by atoms with Gasteiger partial charge in [-0.1, -0.05) is 67.9 Å². The fraction of sp³-hybridized carbons (Fsp3) is 0.323. The lowest BCUT2D eigenvalue weighted by Crippen LogP contribution is -2.53. The summed E-state index contributed by atoms with van der Waals surface area (Å²) in [7, 11) is 0. The third-order valence-corrected chi connectivity index (χ3v) is 7.35. The summed E-state index contributed by atoms with van der Waals surface area (Å²) in [4.78, 5) is 39.4. The van der Waals surface area contributed by atoms with E-state index in [0.717, 1.165) is 24.0 Å². The number of hydrogen-bond donors (Lipinski definition) is 3. The van der Waals surface area contributed by atoms with E-state index in [9.17, 15) is 14.4 Å². The van der Waals surface area contributed by atoms with E-state index in [1.165, 1.54) is 5.56 Å². The minimum Gasteiger partial charge on any atom is -0.484 e. The van der Waals surface area contributed by atoms with Crippen LogP contribution in [0.1, 0.15) is 38.2 Å². The molecule has 0 aromatic heterocycles. The first-order valence-corrected chi connectivity index (χ1v) is 13.8. The van der Waals surface area contributed by atoms with Crippen LogP contribution in [0.2, 0.25) is 5.02 Å². The van der Waals surface area contributed by atoms with Crippen LogP contribution in [0.15, 0.2) is 72.8 Å². The first kappa shape index (κ1) is 29.0. The van der Waals surface area contributed by atoms with Gasteiger partial charge in [0.25, 0.3) is 5.91 Å². The summed E-state index contributed by atoms with van der Waals surface area (Å²) in [5, 5.41) is 6.21. The van der Waals surface area contributed by atoms with E-state index in [1.54, 1.807) is 30.3 Å². The molecule has 0 spiro atoms. The van der Waals surface area contributed by atoms with Gasteiger partial charge in [-0.3, -0.25) is 9.59 Å². The normalized spacial score (nSPS) is 14.4.